The molecule has 0 unspecified atom stereocenters. The van der Waals surface area contributed by atoms with Crippen molar-refractivity contribution >= 4 is 34.1 Å². The summed E-state index contributed by atoms with van der Waals surface area (Å²) in [5.74, 6) is 0. The van der Waals surface area contributed by atoms with Gasteiger partial charge in [0, 0.05) is 11.1 Å². The highest BCUT2D eigenvalue weighted by Gasteiger charge is 2.09. The molecule has 0 atom stereocenters. The molecule has 0 aliphatic heterocycles. The van der Waals surface area contributed by atoms with E-state index in [4.69, 9.17) is 23.2 Å². The number of rotatable bonds is 2. The van der Waals surface area contributed by atoms with Crippen LogP contribution in [-0.4, -0.2) is 4.98 Å². The molecule has 2 rings (SSSR count). The maximum atomic E-state index is 6.28. The fourth-order valence-corrected chi connectivity index (χ4v) is 2.42. The Morgan fingerprint density at radius 1 is 1.19 bits per heavy atom. The van der Waals surface area contributed by atoms with Crippen LogP contribution in [0.15, 0.2) is 18.2 Å². The molecular formula is C13H13Cl2N. The summed E-state index contributed by atoms with van der Waals surface area (Å²) < 4.78 is 0. The van der Waals surface area contributed by atoms with Gasteiger partial charge in [-0.1, -0.05) is 42.6 Å². The molecule has 0 amide bonds. The molecular weight excluding hydrogens is 241 g/mol. The maximum absolute atomic E-state index is 6.28. The number of halogens is 2. The second kappa shape index (κ2) is 4.60. The van der Waals surface area contributed by atoms with Gasteiger partial charge in [0.15, 0.2) is 0 Å². The Hall–Kier alpha value is -0.790. The van der Waals surface area contributed by atoms with Gasteiger partial charge in [0.1, 0.15) is 0 Å². The van der Waals surface area contributed by atoms with Gasteiger partial charge in [-0.25, -0.2) is 0 Å². The van der Waals surface area contributed by atoms with Crippen LogP contribution in [0.2, 0.25) is 10.0 Å². The molecule has 84 valence electrons. The molecule has 1 aromatic heterocycles. The molecule has 16 heavy (non-hydrogen) atoms. The smallest absolute Gasteiger partial charge is 0.0909 e. The van der Waals surface area contributed by atoms with E-state index in [0.717, 1.165) is 40.0 Å². The predicted octanol–water partition coefficient (Wildman–Crippen LogP) is 4.80. The van der Waals surface area contributed by atoms with Crippen molar-refractivity contribution in [3.05, 3.63) is 39.5 Å². The quantitative estimate of drug-likeness (QED) is 0.749. The van der Waals surface area contributed by atoms with Gasteiger partial charge in [0.05, 0.1) is 15.6 Å². The van der Waals surface area contributed by atoms with Crippen molar-refractivity contribution in [1.29, 1.82) is 0 Å². The van der Waals surface area contributed by atoms with Crippen LogP contribution in [0.1, 0.15) is 24.6 Å². The van der Waals surface area contributed by atoms with Gasteiger partial charge in [-0.2, -0.15) is 0 Å². The molecule has 0 bridgehead atoms. The summed E-state index contributed by atoms with van der Waals surface area (Å²) in [4.78, 5) is 4.57. The van der Waals surface area contributed by atoms with E-state index < -0.39 is 0 Å². The maximum Gasteiger partial charge on any atom is 0.0909 e. The zero-order chi connectivity index (χ0) is 11.7. The lowest BCUT2D eigenvalue weighted by Crippen LogP contribution is -1.93. The molecule has 0 saturated carbocycles. The molecule has 0 aliphatic carbocycles. The van der Waals surface area contributed by atoms with Crippen molar-refractivity contribution in [2.75, 3.05) is 0 Å². The van der Waals surface area contributed by atoms with Gasteiger partial charge in [0.25, 0.3) is 0 Å². The molecule has 0 spiro atoms. The van der Waals surface area contributed by atoms with Gasteiger partial charge in [0.2, 0.25) is 0 Å². The second-order valence-corrected chi connectivity index (χ2v) is 4.75. The number of nitrogens with zero attached hydrogens (tertiary/aromatic N) is 1. The van der Waals surface area contributed by atoms with E-state index in [1.54, 1.807) is 0 Å². The average Bonchev–Trinajstić information content (AvgIpc) is 2.23. The normalized spacial score (nSPS) is 11.0. The lowest BCUT2D eigenvalue weighted by atomic mass is 10.1. The SMILES string of the molecule is CCCc1cc(Cl)c2c(C)ccc(Cl)c2n1. The van der Waals surface area contributed by atoms with Gasteiger partial charge in [-0.15, -0.1) is 0 Å². The van der Waals surface area contributed by atoms with E-state index in [1.165, 1.54) is 0 Å². The Morgan fingerprint density at radius 2 is 1.94 bits per heavy atom. The van der Waals surface area contributed by atoms with E-state index in [2.05, 4.69) is 11.9 Å². The topological polar surface area (TPSA) is 12.9 Å². The summed E-state index contributed by atoms with van der Waals surface area (Å²) in [7, 11) is 0. The first-order valence-electron chi connectivity index (χ1n) is 5.37. The lowest BCUT2D eigenvalue weighted by Gasteiger charge is -2.08. The number of pyridine rings is 1. The van der Waals surface area contributed by atoms with Gasteiger partial charge >= 0.3 is 0 Å². The fourth-order valence-electron chi connectivity index (χ4n) is 1.86. The molecule has 0 saturated heterocycles. The summed E-state index contributed by atoms with van der Waals surface area (Å²) in [5, 5.41) is 2.38. The van der Waals surface area contributed by atoms with E-state index in [-0.39, 0.29) is 0 Å². The van der Waals surface area contributed by atoms with Crippen molar-refractivity contribution in [3.63, 3.8) is 0 Å². The summed E-state index contributed by atoms with van der Waals surface area (Å²) in [6.45, 7) is 4.14. The van der Waals surface area contributed by atoms with Crippen molar-refractivity contribution in [1.82, 2.24) is 4.98 Å². The van der Waals surface area contributed by atoms with Crippen LogP contribution in [0.5, 0.6) is 0 Å². The first kappa shape index (κ1) is 11.7. The molecule has 0 N–H and O–H groups in total. The Bertz CT molecular complexity index is 535. The molecule has 1 heterocycles. The van der Waals surface area contributed by atoms with Crippen LogP contribution < -0.4 is 0 Å². The standard InChI is InChI=1S/C13H13Cl2N/c1-3-4-9-7-11(15)12-8(2)5-6-10(14)13(12)16-9/h5-7H,3-4H2,1-2H3. The molecule has 0 aliphatic rings. The molecule has 0 radical (unpaired) electrons. The van der Waals surface area contributed by atoms with Crippen LogP contribution in [0.4, 0.5) is 0 Å². The number of aryl methyl sites for hydroxylation is 2. The first-order chi connectivity index (χ1) is 7.63. The molecule has 0 fully saturated rings. The Balaban J connectivity index is 2.76. The van der Waals surface area contributed by atoms with Crippen LogP contribution >= 0.6 is 23.2 Å². The van der Waals surface area contributed by atoms with Crippen LogP contribution in [-0.2, 0) is 6.42 Å². The third-order valence-electron chi connectivity index (χ3n) is 2.63. The van der Waals surface area contributed by atoms with Gasteiger partial charge in [-0.3, -0.25) is 4.98 Å². The van der Waals surface area contributed by atoms with E-state index in [9.17, 15) is 0 Å². The van der Waals surface area contributed by atoms with Gasteiger partial charge in [-0.05, 0) is 31.0 Å². The lowest BCUT2D eigenvalue weighted by molar-refractivity contribution is 0.890. The summed E-state index contributed by atoms with van der Waals surface area (Å²) >= 11 is 12.4. The number of hydrogen-bond donors (Lipinski definition) is 0. The fraction of sp³-hybridized carbons (Fsp3) is 0.308. The summed E-state index contributed by atoms with van der Waals surface area (Å²) in [5.41, 5.74) is 2.94. The molecule has 1 aromatic carbocycles. The summed E-state index contributed by atoms with van der Waals surface area (Å²) in [6, 6.07) is 5.78. The van der Waals surface area contributed by atoms with E-state index in [1.807, 2.05) is 25.1 Å². The van der Waals surface area contributed by atoms with Gasteiger partial charge < -0.3 is 0 Å². The predicted molar refractivity (Wildman–Crippen MR) is 70.5 cm³/mol. The van der Waals surface area contributed by atoms with E-state index >= 15 is 0 Å². The Kier molecular flexibility index (Phi) is 3.36. The third kappa shape index (κ3) is 2.02. The third-order valence-corrected chi connectivity index (χ3v) is 3.23. The minimum Gasteiger partial charge on any atom is -0.251 e. The minimum absolute atomic E-state index is 0.667. The molecule has 1 nitrogen and oxygen atoms in total. The van der Waals surface area contributed by atoms with E-state index in [0.29, 0.717) is 5.02 Å². The van der Waals surface area contributed by atoms with Crippen molar-refractivity contribution in [2.45, 2.75) is 26.7 Å². The first-order valence-corrected chi connectivity index (χ1v) is 6.13. The summed E-state index contributed by atoms with van der Waals surface area (Å²) in [6.07, 6.45) is 1.98. The largest absolute Gasteiger partial charge is 0.251 e. The molecule has 3 heteroatoms. The minimum atomic E-state index is 0.667. The van der Waals surface area contributed by atoms with Crippen LogP contribution in [0.3, 0.4) is 0 Å². The number of benzene rings is 1. The highest BCUT2D eigenvalue weighted by atomic mass is 35.5. The highest BCUT2D eigenvalue weighted by molar-refractivity contribution is 6.39. The average molecular weight is 254 g/mol. The number of fused-ring (bicyclic) bond motifs is 1. The highest BCUT2D eigenvalue weighted by Crippen LogP contribution is 2.31. The zero-order valence-electron chi connectivity index (χ0n) is 9.35. The van der Waals surface area contributed by atoms with Crippen LogP contribution in [0.25, 0.3) is 10.9 Å². The monoisotopic (exact) mass is 253 g/mol. The second-order valence-electron chi connectivity index (χ2n) is 3.93. The molecule has 2 aromatic rings. The van der Waals surface area contributed by atoms with Crippen molar-refractivity contribution < 1.29 is 0 Å². The number of aromatic nitrogens is 1. The van der Waals surface area contributed by atoms with Crippen LogP contribution in [0, 0.1) is 6.92 Å². The Labute approximate surface area is 105 Å². The van der Waals surface area contributed by atoms with Crippen molar-refractivity contribution in [3.8, 4) is 0 Å². The number of hydrogen-bond acceptors (Lipinski definition) is 1. The van der Waals surface area contributed by atoms with Crippen molar-refractivity contribution in [2.24, 2.45) is 0 Å². The Morgan fingerprint density at radius 3 is 2.62 bits per heavy atom. The zero-order valence-corrected chi connectivity index (χ0v) is 10.9.